The number of benzene rings is 1. The molecule has 2 unspecified atom stereocenters. The molecular weight excluding hydrogens is 386 g/mol. The van der Waals surface area contributed by atoms with Crippen LogP contribution in [-0.2, 0) is 16.1 Å². The second-order valence-corrected chi connectivity index (χ2v) is 9.27. The lowest BCUT2D eigenvalue weighted by Gasteiger charge is -2.24. The summed E-state index contributed by atoms with van der Waals surface area (Å²) in [7, 11) is 0. The van der Waals surface area contributed by atoms with Crippen molar-refractivity contribution in [2.24, 2.45) is 0 Å². The standard InChI is InChI=1S/C22H29N3O3S/c1-16(20(26)24-12-6-2-3-7-13-24)29-22-23-19-11-5-4-10-18(19)21(27)25(22)15-17-9-8-14-28-17/h4-5,10-11,16-17H,2-3,6-9,12-15H2,1H3. The molecule has 3 heterocycles. The van der Waals surface area contributed by atoms with Gasteiger partial charge in [0, 0.05) is 19.7 Å². The molecule has 1 amide bonds. The first-order valence-electron chi connectivity index (χ1n) is 10.7. The molecule has 2 aliphatic rings. The maximum atomic E-state index is 13.2. The minimum atomic E-state index is -0.281. The van der Waals surface area contributed by atoms with Gasteiger partial charge >= 0.3 is 0 Å². The number of ether oxygens (including phenoxy) is 1. The van der Waals surface area contributed by atoms with Crippen LogP contribution in [0.3, 0.4) is 0 Å². The van der Waals surface area contributed by atoms with Gasteiger partial charge in [0.25, 0.3) is 5.56 Å². The van der Waals surface area contributed by atoms with Crippen molar-refractivity contribution in [3.8, 4) is 0 Å². The molecule has 2 saturated heterocycles. The number of likely N-dealkylation sites (tertiary alicyclic amines) is 1. The summed E-state index contributed by atoms with van der Waals surface area (Å²) < 4.78 is 7.49. The lowest BCUT2D eigenvalue weighted by molar-refractivity contribution is -0.130. The third-order valence-electron chi connectivity index (χ3n) is 5.78. The van der Waals surface area contributed by atoms with Crippen LogP contribution in [-0.4, -0.2) is 51.4 Å². The van der Waals surface area contributed by atoms with Crippen molar-refractivity contribution in [1.29, 1.82) is 0 Å². The van der Waals surface area contributed by atoms with Gasteiger partial charge in [-0.3, -0.25) is 14.2 Å². The number of aromatic nitrogens is 2. The number of rotatable bonds is 5. The molecule has 2 aromatic rings. The summed E-state index contributed by atoms with van der Waals surface area (Å²) in [6.45, 7) is 4.82. The topological polar surface area (TPSA) is 64.4 Å². The summed E-state index contributed by atoms with van der Waals surface area (Å²) >= 11 is 1.40. The quantitative estimate of drug-likeness (QED) is 0.553. The molecule has 2 fully saturated rings. The predicted molar refractivity (Wildman–Crippen MR) is 115 cm³/mol. The van der Waals surface area contributed by atoms with E-state index < -0.39 is 0 Å². The van der Waals surface area contributed by atoms with Gasteiger partial charge in [0.15, 0.2) is 5.16 Å². The first kappa shape index (κ1) is 20.4. The molecule has 1 aromatic carbocycles. The molecule has 0 spiro atoms. The van der Waals surface area contributed by atoms with Gasteiger partial charge in [0.1, 0.15) is 0 Å². The number of nitrogens with zero attached hydrogens (tertiary/aromatic N) is 3. The number of fused-ring (bicyclic) bond motifs is 1. The second kappa shape index (κ2) is 9.30. The smallest absolute Gasteiger partial charge is 0.262 e. The largest absolute Gasteiger partial charge is 0.376 e. The Morgan fingerprint density at radius 3 is 2.69 bits per heavy atom. The maximum absolute atomic E-state index is 13.2. The Labute approximate surface area is 175 Å². The summed E-state index contributed by atoms with van der Waals surface area (Å²) in [6, 6.07) is 7.43. The van der Waals surface area contributed by atoms with Crippen molar-refractivity contribution in [2.75, 3.05) is 19.7 Å². The molecule has 0 aliphatic carbocycles. The summed E-state index contributed by atoms with van der Waals surface area (Å²) in [4.78, 5) is 33.0. The number of para-hydroxylation sites is 1. The van der Waals surface area contributed by atoms with Gasteiger partial charge in [0.05, 0.1) is 28.8 Å². The normalized spacial score (nSPS) is 21.3. The predicted octanol–water partition coefficient (Wildman–Crippen LogP) is 3.46. The Morgan fingerprint density at radius 1 is 1.21 bits per heavy atom. The van der Waals surface area contributed by atoms with Crippen molar-refractivity contribution >= 4 is 28.6 Å². The molecule has 6 nitrogen and oxygen atoms in total. The van der Waals surface area contributed by atoms with E-state index in [0.717, 1.165) is 45.4 Å². The third kappa shape index (κ3) is 4.67. The molecular formula is C22H29N3O3S. The molecule has 0 saturated carbocycles. The van der Waals surface area contributed by atoms with Crippen LogP contribution in [0.1, 0.15) is 45.4 Å². The van der Waals surface area contributed by atoms with Gasteiger partial charge < -0.3 is 9.64 Å². The third-order valence-corrected chi connectivity index (χ3v) is 6.86. The Hall–Kier alpha value is -1.86. The van der Waals surface area contributed by atoms with Crippen LogP contribution in [0.2, 0.25) is 0 Å². The molecule has 2 atom stereocenters. The molecule has 1 aromatic heterocycles. The van der Waals surface area contributed by atoms with Crippen LogP contribution in [0.5, 0.6) is 0 Å². The summed E-state index contributed by atoms with van der Waals surface area (Å²) in [5.41, 5.74) is 0.626. The number of hydrogen-bond acceptors (Lipinski definition) is 5. The van der Waals surface area contributed by atoms with Gasteiger partial charge in [-0.25, -0.2) is 4.98 Å². The Morgan fingerprint density at radius 2 is 1.97 bits per heavy atom. The van der Waals surface area contributed by atoms with E-state index in [1.807, 2.05) is 36.1 Å². The number of thioether (sulfide) groups is 1. The van der Waals surface area contributed by atoms with Crippen molar-refractivity contribution in [3.63, 3.8) is 0 Å². The Balaban J connectivity index is 1.62. The van der Waals surface area contributed by atoms with E-state index in [4.69, 9.17) is 9.72 Å². The van der Waals surface area contributed by atoms with Crippen LogP contribution >= 0.6 is 11.8 Å². The summed E-state index contributed by atoms with van der Waals surface area (Å²) in [6.07, 6.45) is 6.53. The van der Waals surface area contributed by atoms with Crippen LogP contribution in [0.15, 0.2) is 34.2 Å². The zero-order valence-electron chi connectivity index (χ0n) is 17.0. The lowest BCUT2D eigenvalue weighted by Crippen LogP contribution is -2.37. The van der Waals surface area contributed by atoms with Crippen molar-refractivity contribution in [1.82, 2.24) is 14.5 Å². The highest BCUT2D eigenvalue weighted by molar-refractivity contribution is 8.00. The number of carbonyl (C=O) groups is 1. The van der Waals surface area contributed by atoms with Crippen LogP contribution in [0.4, 0.5) is 0 Å². The highest BCUT2D eigenvalue weighted by Crippen LogP contribution is 2.26. The molecule has 156 valence electrons. The van der Waals surface area contributed by atoms with E-state index in [9.17, 15) is 9.59 Å². The molecule has 0 radical (unpaired) electrons. The fourth-order valence-electron chi connectivity index (χ4n) is 4.15. The average molecular weight is 416 g/mol. The summed E-state index contributed by atoms with van der Waals surface area (Å²) in [5.74, 6) is 0.142. The molecule has 7 heteroatoms. The fourth-order valence-corrected chi connectivity index (χ4v) is 5.15. The minimum Gasteiger partial charge on any atom is -0.376 e. The van der Waals surface area contributed by atoms with Gasteiger partial charge in [0.2, 0.25) is 5.91 Å². The van der Waals surface area contributed by atoms with Crippen molar-refractivity contribution < 1.29 is 9.53 Å². The molecule has 0 bridgehead atoms. The zero-order chi connectivity index (χ0) is 20.2. The molecule has 2 aliphatic heterocycles. The number of hydrogen-bond donors (Lipinski definition) is 0. The van der Waals surface area contributed by atoms with Crippen LogP contribution < -0.4 is 5.56 Å². The first-order valence-corrected chi connectivity index (χ1v) is 11.6. The Bertz CT molecular complexity index is 915. The van der Waals surface area contributed by atoms with Gasteiger partial charge in [-0.1, -0.05) is 36.7 Å². The number of carbonyl (C=O) groups excluding carboxylic acids is 1. The zero-order valence-corrected chi connectivity index (χ0v) is 17.8. The molecule has 4 rings (SSSR count). The molecule has 0 N–H and O–H groups in total. The van der Waals surface area contributed by atoms with Crippen molar-refractivity contribution in [2.45, 2.75) is 68.5 Å². The second-order valence-electron chi connectivity index (χ2n) is 7.96. The fraction of sp³-hybridized carbons (Fsp3) is 0.591. The van der Waals surface area contributed by atoms with Crippen LogP contribution in [0, 0.1) is 0 Å². The minimum absolute atomic E-state index is 0.0339. The van der Waals surface area contributed by atoms with E-state index in [0.29, 0.717) is 22.6 Å². The first-order chi connectivity index (χ1) is 14.1. The van der Waals surface area contributed by atoms with E-state index in [-0.39, 0.29) is 22.8 Å². The number of amides is 1. The molecule has 29 heavy (non-hydrogen) atoms. The van der Waals surface area contributed by atoms with Gasteiger partial charge in [-0.05, 0) is 44.7 Å². The monoisotopic (exact) mass is 415 g/mol. The lowest BCUT2D eigenvalue weighted by atomic mass is 10.2. The highest BCUT2D eigenvalue weighted by atomic mass is 32.2. The van der Waals surface area contributed by atoms with E-state index >= 15 is 0 Å². The maximum Gasteiger partial charge on any atom is 0.262 e. The SMILES string of the molecule is CC(Sc1nc2ccccc2c(=O)n1CC1CCCO1)C(=O)N1CCCCCC1. The van der Waals surface area contributed by atoms with E-state index in [1.54, 1.807) is 4.57 Å². The van der Waals surface area contributed by atoms with E-state index in [2.05, 4.69) is 0 Å². The highest BCUT2D eigenvalue weighted by Gasteiger charge is 2.26. The van der Waals surface area contributed by atoms with Crippen molar-refractivity contribution in [3.05, 3.63) is 34.6 Å². The summed E-state index contributed by atoms with van der Waals surface area (Å²) in [5, 5.41) is 0.943. The van der Waals surface area contributed by atoms with Gasteiger partial charge in [-0.15, -0.1) is 0 Å². The van der Waals surface area contributed by atoms with Crippen LogP contribution in [0.25, 0.3) is 10.9 Å². The van der Waals surface area contributed by atoms with E-state index in [1.165, 1.54) is 24.6 Å². The van der Waals surface area contributed by atoms with Gasteiger partial charge in [-0.2, -0.15) is 0 Å². The Kier molecular flexibility index (Phi) is 6.55. The average Bonchev–Trinajstić information content (AvgIpc) is 3.09.